The molecule has 10 heteroatoms. The molecule has 0 aromatic heterocycles. The summed E-state index contributed by atoms with van der Waals surface area (Å²) in [6.45, 7) is 2.52. The normalized spacial score (nSPS) is 16.7. The maximum absolute atomic E-state index is 12.5. The first-order chi connectivity index (χ1) is 15.5. The maximum Gasteiger partial charge on any atom is 0.283 e. The minimum absolute atomic E-state index is 0.0402. The average Bonchev–Trinajstić information content (AvgIpc) is 3.19. The lowest BCUT2D eigenvalue weighted by molar-refractivity contribution is -0.114. The number of amidine groups is 2. The van der Waals surface area contributed by atoms with Crippen LogP contribution in [-0.2, 0) is 4.79 Å². The summed E-state index contributed by atoms with van der Waals surface area (Å²) in [5.41, 5.74) is 0.652. The third kappa shape index (κ3) is 4.82. The van der Waals surface area contributed by atoms with Crippen molar-refractivity contribution in [3.8, 4) is 11.5 Å². The highest BCUT2D eigenvalue weighted by molar-refractivity contribution is 8.26. The molecule has 0 bridgehead atoms. The number of ether oxygens (including phenoxy) is 2. The number of thioether (sulfide) groups is 1. The van der Waals surface area contributed by atoms with Gasteiger partial charge in [0.15, 0.2) is 11.6 Å². The quantitative estimate of drug-likeness (QED) is 0.411. The molecular formula is C22H18Cl2N4O3S. The third-order valence-electron chi connectivity index (χ3n) is 4.47. The number of halogens is 2. The predicted octanol–water partition coefficient (Wildman–Crippen LogP) is 5.48. The molecule has 32 heavy (non-hydrogen) atoms. The van der Waals surface area contributed by atoms with Gasteiger partial charge in [0.1, 0.15) is 24.0 Å². The van der Waals surface area contributed by atoms with E-state index in [1.165, 1.54) is 22.8 Å². The Morgan fingerprint density at radius 2 is 1.81 bits per heavy atom. The van der Waals surface area contributed by atoms with Crippen LogP contribution in [0.5, 0.6) is 11.5 Å². The average molecular weight is 489 g/mol. The van der Waals surface area contributed by atoms with Crippen molar-refractivity contribution in [2.24, 2.45) is 10.1 Å². The number of fused-ring (bicyclic) bond motifs is 1. The fourth-order valence-corrected chi connectivity index (χ4v) is 4.40. The molecule has 4 rings (SSSR count). The van der Waals surface area contributed by atoms with Gasteiger partial charge in [-0.25, -0.2) is 0 Å². The zero-order valence-corrected chi connectivity index (χ0v) is 19.3. The molecule has 0 saturated heterocycles. The molecule has 0 saturated carbocycles. The van der Waals surface area contributed by atoms with E-state index in [9.17, 15) is 4.79 Å². The van der Waals surface area contributed by atoms with Crippen LogP contribution in [0, 0.1) is 5.41 Å². The Morgan fingerprint density at radius 3 is 2.50 bits per heavy atom. The number of nitrogens with zero attached hydrogens (tertiary/aromatic N) is 3. The number of hydrogen-bond acceptors (Lipinski definition) is 6. The molecule has 0 atom stereocenters. The van der Waals surface area contributed by atoms with Gasteiger partial charge in [0.05, 0.1) is 15.6 Å². The van der Waals surface area contributed by atoms with E-state index < -0.39 is 5.91 Å². The second-order valence-electron chi connectivity index (χ2n) is 6.69. The molecule has 2 aliphatic heterocycles. The summed E-state index contributed by atoms with van der Waals surface area (Å²) in [5.74, 6) is 0.520. The van der Waals surface area contributed by atoms with Gasteiger partial charge in [-0.1, -0.05) is 48.3 Å². The van der Waals surface area contributed by atoms with Crippen LogP contribution >= 0.6 is 35.0 Å². The minimum atomic E-state index is -0.507. The van der Waals surface area contributed by atoms with Crippen LogP contribution in [0.1, 0.15) is 18.9 Å². The predicted molar refractivity (Wildman–Crippen MR) is 129 cm³/mol. The molecule has 2 aliphatic rings. The molecular weight excluding hydrogens is 471 g/mol. The number of carbonyl (C=O) groups is 1. The Morgan fingerprint density at radius 1 is 1.12 bits per heavy atom. The van der Waals surface area contributed by atoms with Crippen LogP contribution in [0.25, 0.3) is 6.08 Å². The Labute approximate surface area is 199 Å². The zero-order valence-electron chi connectivity index (χ0n) is 17.0. The highest BCUT2D eigenvalue weighted by Gasteiger charge is 2.35. The summed E-state index contributed by atoms with van der Waals surface area (Å²) >= 11 is 14.0. The fraction of sp³-hybridized carbons (Fsp3) is 0.182. The second-order valence-corrected chi connectivity index (χ2v) is 8.55. The van der Waals surface area contributed by atoms with Crippen molar-refractivity contribution >= 4 is 63.0 Å². The highest BCUT2D eigenvalue weighted by Crippen LogP contribution is 2.36. The zero-order chi connectivity index (χ0) is 22.7. The van der Waals surface area contributed by atoms with Gasteiger partial charge >= 0.3 is 0 Å². The van der Waals surface area contributed by atoms with Crippen LogP contribution in [-0.4, -0.2) is 40.2 Å². The number of carbonyl (C=O) groups excluding carboxylic acids is 1. The second kappa shape index (κ2) is 9.77. The van der Waals surface area contributed by atoms with E-state index in [1.807, 2.05) is 37.3 Å². The Bertz CT molecular complexity index is 1140. The van der Waals surface area contributed by atoms with Gasteiger partial charge in [0, 0.05) is 0 Å². The van der Waals surface area contributed by atoms with E-state index >= 15 is 0 Å². The molecule has 1 amide bonds. The van der Waals surface area contributed by atoms with Crippen LogP contribution in [0.3, 0.4) is 0 Å². The van der Waals surface area contributed by atoms with Gasteiger partial charge in [-0.3, -0.25) is 10.2 Å². The van der Waals surface area contributed by atoms with Crippen molar-refractivity contribution in [1.82, 2.24) is 5.01 Å². The molecule has 2 aromatic rings. The lowest BCUT2D eigenvalue weighted by atomic mass is 10.1. The summed E-state index contributed by atoms with van der Waals surface area (Å²) in [6, 6.07) is 12.6. The van der Waals surface area contributed by atoms with Crippen molar-refractivity contribution in [3.63, 3.8) is 0 Å². The molecule has 1 N–H and O–H groups in total. The standard InChI is InChI=1S/C22H18Cl2N4O3S/c1-2-18-27-28-20(25)15(21(29)26-22(28)32-18)10-13-11-16(23)19(17(24)12-13)31-9-8-30-14-6-4-3-5-7-14/h3-7,10-12,25H,2,8-9H2,1H3/b15-10+,25-20?. The van der Waals surface area contributed by atoms with E-state index in [0.29, 0.717) is 29.5 Å². The molecule has 0 aliphatic carbocycles. The summed E-state index contributed by atoms with van der Waals surface area (Å²) < 4.78 is 11.3. The van der Waals surface area contributed by atoms with Gasteiger partial charge in [-0.2, -0.15) is 15.1 Å². The molecule has 164 valence electrons. The van der Waals surface area contributed by atoms with Crippen molar-refractivity contribution < 1.29 is 14.3 Å². The smallest absolute Gasteiger partial charge is 0.283 e. The summed E-state index contributed by atoms with van der Waals surface area (Å²) in [7, 11) is 0. The minimum Gasteiger partial charge on any atom is -0.490 e. The van der Waals surface area contributed by atoms with E-state index in [-0.39, 0.29) is 28.1 Å². The number of hydrazone groups is 1. The van der Waals surface area contributed by atoms with Gasteiger partial charge in [0.2, 0.25) is 5.17 Å². The number of nitrogens with one attached hydrogen (secondary N) is 1. The first kappa shape index (κ1) is 22.4. The first-order valence-corrected chi connectivity index (χ1v) is 11.3. The largest absolute Gasteiger partial charge is 0.490 e. The van der Waals surface area contributed by atoms with Gasteiger partial charge in [0.25, 0.3) is 5.91 Å². The van der Waals surface area contributed by atoms with Crippen LogP contribution in [0.15, 0.2) is 58.1 Å². The van der Waals surface area contributed by atoms with Crippen molar-refractivity contribution in [1.29, 1.82) is 5.41 Å². The molecule has 7 nitrogen and oxygen atoms in total. The number of para-hydroxylation sites is 1. The van der Waals surface area contributed by atoms with E-state index in [2.05, 4.69) is 10.1 Å². The Hall–Kier alpha value is -2.81. The summed E-state index contributed by atoms with van der Waals surface area (Å²) in [6.07, 6.45) is 2.22. The molecule has 0 unspecified atom stereocenters. The van der Waals surface area contributed by atoms with Crippen molar-refractivity contribution in [3.05, 3.63) is 63.6 Å². The third-order valence-corrected chi connectivity index (χ3v) is 6.09. The van der Waals surface area contributed by atoms with Crippen molar-refractivity contribution in [2.45, 2.75) is 13.3 Å². The number of hydrogen-bond donors (Lipinski definition) is 1. The van der Waals surface area contributed by atoms with Gasteiger partial charge in [-0.05, 0) is 54.1 Å². The lowest BCUT2D eigenvalue weighted by Gasteiger charge is -2.20. The summed E-state index contributed by atoms with van der Waals surface area (Å²) in [4.78, 5) is 16.5. The molecule has 2 heterocycles. The number of aliphatic imine (C=N–C) groups is 1. The van der Waals surface area contributed by atoms with E-state index in [0.717, 1.165) is 10.8 Å². The van der Waals surface area contributed by atoms with Crippen LogP contribution < -0.4 is 9.47 Å². The fourth-order valence-electron chi connectivity index (χ4n) is 2.96. The molecule has 2 aromatic carbocycles. The highest BCUT2D eigenvalue weighted by atomic mass is 35.5. The SMILES string of the molecule is CCC1=NN2C(=N)/C(=C\c3cc(Cl)c(OCCOc4ccccc4)c(Cl)c3)C(=O)N=C2S1. The Balaban J connectivity index is 1.47. The molecule has 0 spiro atoms. The van der Waals surface area contributed by atoms with Crippen LogP contribution in [0.2, 0.25) is 10.0 Å². The van der Waals surface area contributed by atoms with Gasteiger partial charge < -0.3 is 9.47 Å². The topological polar surface area (TPSA) is 87.3 Å². The number of amides is 1. The van der Waals surface area contributed by atoms with Gasteiger partial charge in [-0.15, -0.1) is 0 Å². The lowest BCUT2D eigenvalue weighted by Crippen LogP contribution is -2.35. The number of rotatable bonds is 7. The van der Waals surface area contributed by atoms with E-state index in [1.54, 1.807) is 12.1 Å². The maximum atomic E-state index is 12.5. The monoisotopic (exact) mass is 488 g/mol. The van der Waals surface area contributed by atoms with E-state index in [4.69, 9.17) is 38.1 Å². The molecule has 0 radical (unpaired) electrons. The molecule has 0 fully saturated rings. The summed E-state index contributed by atoms with van der Waals surface area (Å²) in [5, 5.41) is 15.8. The van der Waals surface area contributed by atoms with Crippen molar-refractivity contribution in [2.75, 3.05) is 13.2 Å². The first-order valence-electron chi connectivity index (χ1n) is 9.75. The van der Waals surface area contributed by atoms with Crippen LogP contribution in [0.4, 0.5) is 0 Å². The number of benzene rings is 2. The Kier molecular flexibility index (Phi) is 6.83.